The number of fused-ring (bicyclic) bond motifs is 1. The minimum Gasteiger partial charge on any atom is -0.465 e. The number of hydrogen-bond donors (Lipinski definition) is 2. The van der Waals surface area contributed by atoms with Crippen molar-refractivity contribution in [2.45, 2.75) is 13.3 Å². The highest BCUT2D eigenvalue weighted by molar-refractivity contribution is 6.00. The molecule has 2 N–H and O–H groups in total. The van der Waals surface area contributed by atoms with Gasteiger partial charge >= 0.3 is 5.97 Å². The normalized spacial score (nSPS) is 13.8. The van der Waals surface area contributed by atoms with Crippen LogP contribution in [0.5, 0.6) is 0 Å². The van der Waals surface area contributed by atoms with Gasteiger partial charge < -0.3 is 15.5 Å². The molecular formula is C10H13N3O3. The Kier molecular flexibility index (Phi) is 2.55. The van der Waals surface area contributed by atoms with Crippen molar-refractivity contribution in [1.29, 1.82) is 0 Å². The average molecular weight is 223 g/mol. The van der Waals surface area contributed by atoms with Gasteiger partial charge in [0.2, 0.25) is 0 Å². The van der Waals surface area contributed by atoms with Crippen molar-refractivity contribution in [1.82, 2.24) is 9.99 Å². The van der Waals surface area contributed by atoms with E-state index in [1.54, 1.807) is 10.9 Å². The van der Waals surface area contributed by atoms with E-state index in [1.165, 1.54) is 7.11 Å². The second-order valence-electron chi connectivity index (χ2n) is 3.43. The summed E-state index contributed by atoms with van der Waals surface area (Å²) in [7, 11) is 1.33. The highest BCUT2D eigenvalue weighted by Crippen LogP contribution is 2.19. The molecule has 86 valence electrons. The number of ether oxygens (including phenoxy) is 1. The largest absolute Gasteiger partial charge is 0.465 e. The molecule has 16 heavy (non-hydrogen) atoms. The molecule has 0 spiro atoms. The van der Waals surface area contributed by atoms with Crippen LogP contribution in [0.1, 0.15) is 33.3 Å². The van der Waals surface area contributed by atoms with Gasteiger partial charge in [-0.1, -0.05) is 6.92 Å². The molecule has 6 heteroatoms. The number of nitrogens with one attached hydrogen (secondary N) is 2. The summed E-state index contributed by atoms with van der Waals surface area (Å²) in [6.45, 7) is 2.24. The molecule has 0 saturated carbocycles. The van der Waals surface area contributed by atoms with E-state index in [2.05, 4.69) is 15.5 Å². The average Bonchev–Trinajstić information content (AvgIpc) is 2.68. The number of carbonyl (C=O) groups is 2. The van der Waals surface area contributed by atoms with Gasteiger partial charge in [-0.25, -0.2) is 4.79 Å². The summed E-state index contributed by atoms with van der Waals surface area (Å²) in [5, 5.41) is 2.66. The molecule has 1 aromatic rings. The van der Waals surface area contributed by atoms with Crippen LogP contribution in [-0.2, 0) is 11.2 Å². The van der Waals surface area contributed by atoms with Crippen LogP contribution in [0.2, 0.25) is 0 Å². The standard InChI is InChI=1S/C10H13N3O3/c1-3-6-7(10(15)16-2)4-13-8(6)9(14)11-5-12-13/h4,12H,3,5H2,1-2H3,(H,11,14). The monoisotopic (exact) mass is 223 g/mol. The van der Waals surface area contributed by atoms with Gasteiger partial charge in [-0.05, 0) is 12.0 Å². The number of amides is 1. The molecule has 0 saturated heterocycles. The molecule has 1 amide bonds. The number of aromatic nitrogens is 1. The lowest BCUT2D eigenvalue weighted by Gasteiger charge is -2.18. The Hall–Kier alpha value is -1.98. The Bertz CT molecular complexity index is 450. The lowest BCUT2D eigenvalue weighted by atomic mass is 10.1. The van der Waals surface area contributed by atoms with E-state index < -0.39 is 5.97 Å². The van der Waals surface area contributed by atoms with Crippen LogP contribution in [0.3, 0.4) is 0 Å². The molecule has 6 nitrogen and oxygen atoms in total. The fourth-order valence-electron chi connectivity index (χ4n) is 1.85. The third kappa shape index (κ3) is 1.42. The topological polar surface area (TPSA) is 72.4 Å². The summed E-state index contributed by atoms with van der Waals surface area (Å²) in [5.74, 6) is -0.598. The predicted octanol–water partition coefficient (Wildman–Crippen LogP) is 0.0815. The van der Waals surface area contributed by atoms with E-state index in [0.717, 1.165) is 0 Å². The second kappa shape index (κ2) is 3.88. The van der Waals surface area contributed by atoms with Crippen molar-refractivity contribution < 1.29 is 14.3 Å². The molecule has 1 aromatic heterocycles. The number of rotatable bonds is 2. The van der Waals surface area contributed by atoms with Gasteiger partial charge in [0.05, 0.1) is 12.7 Å². The van der Waals surface area contributed by atoms with E-state index in [-0.39, 0.29) is 5.91 Å². The van der Waals surface area contributed by atoms with Gasteiger partial charge in [-0.15, -0.1) is 0 Å². The van der Waals surface area contributed by atoms with E-state index >= 15 is 0 Å². The van der Waals surface area contributed by atoms with E-state index in [9.17, 15) is 9.59 Å². The zero-order valence-electron chi connectivity index (χ0n) is 9.16. The summed E-state index contributed by atoms with van der Waals surface area (Å²) in [6, 6.07) is 0. The maximum atomic E-state index is 11.7. The summed E-state index contributed by atoms with van der Waals surface area (Å²) in [6.07, 6.45) is 2.20. The predicted molar refractivity (Wildman–Crippen MR) is 56.8 cm³/mol. The summed E-state index contributed by atoms with van der Waals surface area (Å²) in [5.41, 5.74) is 4.56. The molecule has 1 aliphatic heterocycles. The van der Waals surface area contributed by atoms with Gasteiger partial charge in [0.25, 0.3) is 5.91 Å². The highest BCUT2D eigenvalue weighted by atomic mass is 16.5. The highest BCUT2D eigenvalue weighted by Gasteiger charge is 2.26. The first-order chi connectivity index (χ1) is 7.69. The van der Waals surface area contributed by atoms with Gasteiger partial charge in [0.1, 0.15) is 12.4 Å². The van der Waals surface area contributed by atoms with Crippen LogP contribution in [0, 0.1) is 0 Å². The molecule has 0 fully saturated rings. The van der Waals surface area contributed by atoms with Gasteiger partial charge in [0.15, 0.2) is 0 Å². The third-order valence-electron chi connectivity index (χ3n) is 2.58. The van der Waals surface area contributed by atoms with Gasteiger partial charge in [-0.2, -0.15) is 0 Å². The van der Waals surface area contributed by atoms with Crippen molar-refractivity contribution in [2.24, 2.45) is 0 Å². The first-order valence-corrected chi connectivity index (χ1v) is 5.03. The summed E-state index contributed by atoms with van der Waals surface area (Å²) < 4.78 is 6.25. The molecule has 0 aliphatic carbocycles. The number of nitrogens with zero attached hydrogens (tertiary/aromatic N) is 1. The summed E-state index contributed by atoms with van der Waals surface area (Å²) >= 11 is 0. The number of hydrogen-bond acceptors (Lipinski definition) is 4. The maximum Gasteiger partial charge on any atom is 0.339 e. The molecule has 0 unspecified atom stereocenters. The Morgan fingerprint density at radius 1 is 1.62 bits per heavy atom. The maximum absolute atomic E-state index is 11.7. The molecule has 0 atom stereocenters. The number of esters is 1. The van der Waals surface area contributed by atoms with Crippen molar-refractivity contribution >= 4 is 11.9 Å². The van der Waals surface area contributed by atoms with Crippen molar-refractivity contribution in [3.8, 4) is 0 Å². The molecule has 0 bridgehead atoms. The van der Waals surface area contributed by atoms with E-state index in [1.807, 2.05) is 6.92 Å². The smallest absolute Gasteiger partial charge is 0.339 e. The summed E-state index contributed by atoms with van der Waals surface area (Å²) in [4.78, 5) is 23.2. The zero-order chi connectivity index (χ0) is 11.7. The van der Waals surface area contributed by atoms with Crippen molar-refractivity contribution in [3.63, 3.8) is 0 Å². The minimum absolute atomic E-state index is 0.175. The number of carbonyl (C=O) groups excluding carboxylic acids is 2. The Morgan fingerprint density at radius 2 is 2.38 bits per heavy atom. The molecule has 0 aromatic carbocycles. The first kappa shape index (κ1) is 10.5. The quantitative estimate of drug-likeness (QED) is 0.696. The molecule has 0 radical (unpaired) electrons. The van der Waals surface area contributed by atoms with Gasteiger partial charge in [0, 0.05) is 6.20 Å². The molecule has 1 aliphatic rings. The van der Waals surface area contributed by atoms with Crippen LogP contribution in [-0.4, -0.2) is 30.3 Å². The van der Waals surface area contributed by atoms with Crippen molar-refractivity contribution in [2.75, 3.05) is 19.2 Å². The molecule has 2 rings (SSSR count). The van der Waals surface area contributed by atoms with Crippen LogP contribution >= 0.6 is 0 Å². The van der Waals surface area contributed by atoms with Gasteiger partial charge in [-0.3, -0.25) is 9.47 Å². The third-order valence-corrected chi connectivity index (χ3v) is 2.58. The van der Waals surface area contributed by atoms with E-state index in [0.29, 0.717) is 29.9 Å². The van der Waals surface area contributed by atoms with Crippen LogP contribution in [0.15, 0.2) is 6.20 Å². The van der Waals surface area contributed by atoms with Crippen LogP contribution in [0.4, 0.5) is 0 Å². The Labute approximate surface area is 92.5 Å². The second-order valence-corrected chi connectivity index (χ2v) is 3.43. The zero-order valence-corrected chi connectivity index (χ0v) is 9.16. The van der Waals surface area contributed by atoms with Crippen molar-refractivity contribution in [3.05, 3.63) is 23.0 Å². The van der Waals surface area contributed by atoms with Crippen LogP contribution < -0.4 is 10.7 Å². The van der Waals surface area contributed by atoms with E-state index in [4.69, 9.17) is 0 Å². The SMILES string of the molecule is CCc1c(C(=O)OC)cn2c1C(=O)NCN2. The first-order valence-electron chi connectivity index (χ1n) is 5.03. The Balaban J connectivity index is 2.56. The lowest BCUT2D eigenvalue weighted by molar-refractivity contribution is 0.0599. The molecule has 2 heterocycles. The fraction of sp³-hybridized carbons (Fsp3) is 0.400. The lowest BCUT2D eigenvalue weighted by Crippen LogP contribution is -2.41. The minimum atomic E-state index is -0.423. The van der Waals surface area contributed by atoms with Crippen LogP contribution in [0.25, 0.3) is 0 Å². The fourth-order valence-corrected chi connectivity index (χ4v) is 1.85. The number of methoxy groups -OCH3 is 1. The Morgan fingerprint density at radius 3 is 3.00 bits per heavy atom. The molecular weight excluding hydrogens is 210 g/mol.